The van der Waals surface area contributed by atoms with Crippen LogP contribution in [-0.2, 0) is 11.4 Å². The quantitative estimate of drug-likeness (QED) is 0.658. The summed E-state index contributed by atoms with van der Waals surface area (Å²) in [6.45, 7) is -0.0443. The predicted molar refractivity (Wildman–Crippen MR) is 92.8 cm³/mol. The normalized spacial score (nSPS) is 15.8. The molecule has 1 aliphatic heterocycles. The van der Waals surface area contributed by atoms with Gasteiger partial charge >= 0.3 is 0 Å². The van der Waals surface area contributed by atoms with E-state index in [1.165, 1.54) is 42.2 Å². The maximum Gasteiger partial charge on any atom is 0.236 e. The van der Waals surface area contributed by atoms with Gasteiger partial charge in [-0.25, -0.2) is 8.78 Å². The van der Waals surface area contributed by atoms with Gasteiger partial charge in [-0.3, -0.25) is 4.79 Å². The van der Waals surface area contributed by atoms with E-state index in [0.717, 1.165) is 0 Å². The summed E-state index contributed by atoms with van der Waals surface area (Å²) in [4.78, 5) is 11.1. The van der Waals surface area contributed by atoms with Gasteiger partial charge < -0.3 is 10.1 Å². The lowest BCUT2D eigenvalue weighted by Gasteiger charge is -2.09. The molecule has 0 spiro atoms. The third kappa shape index (κ3) is 4.63. The lowest BCUT2D eigenvalue weighted by atomic mass is 10.2. The van der Waals surface area contributed by atoms with E-state index in [1.807, 2.05) is 0 Å². The third-order valence-electron chi connectivity index (χ3n) is 3.25. The molecule has 0 bridgehead atoms. The second-order valence-electron chi connectivity index (χ2n) is 5.05. The molecule has 8 heteroatoms. The fraction of sp³-hybridized carbons (Fsp3) is 0.118. The molecule has 1 fully saturated rings. The number of amidine groups is 1. The van der Waals surface area contributed by atoms with Crippen molar-refractivity contribution in [1.29, 1.82) is 0 Å². The summed E-state index contributed by atoms with van der Waals surface area (Å²) >= 11 is 1.24. The van der Waals surface area contributed by atoms with E-state index in [2.05, 4.69) is 15.5 Å². The largest absolute Gasteiger partial charge is 0.488 e. The molecule has 1 heterocycles. The second kappa shape index (κ2) is 7.89. The lowest BCUT2D eigenvalue weighted by Crippen LogP contribution is -2.19. The monoisotopic (exact) mass is 361 g/mol. The number of hydrogen-bond donors (Lipinski definition) is 1. The van der Waals surface area contributed by atoms with Crippen LogP contribution in [0.5, 0.6) is 5.75 Å². The van der Waals surface area contributed by atoms with Gasteiger partial charge in [-0.05, 0) is 18.2 Å². The number of hydrogen-bond acceptors (Lipinski definition) is 5. The van der Waals surface area contributed by atoms with Gasteiger partial charge in [0, 0.05) is 17.2 Å². The first-order valence-electron chi connectivity index (χ1n) is 7.31. The molecule has 1 amide bonds. The summed E-state index contributed by atoms with van der Waals surface area (Å²) in [5.74, 6) is -0.480. The molecule has 1 N–H and O–H groups in total. The highest BCUT2D eigenvalue weighted by Crippen LogP contribution is 2.20. The zero-order valence-corrected chi connectivity index (χ0v) is 13.7. The van der Waals surface area contributed by atoms with Crippen LogP contribution in [0.25, 0.3) is 0 Å². The molecule has 3 rings (SSSR count). The number of carbonyl (C=O) groups excluding carboxylic acids is 1. The molecule has 1 aliphatic rings. The summed E-state index contributed by atoms with van der Waals surface area (Å²) < 4.78 is 32.7. The molecule has 1 saturated heterocycles. The number of halogens is 2. The Bertz CT molecular complexity index is 856. The molecule has 2 aromatic rings. The van der Waals surface area contributed by atoms with E-state index in [0.29, 0.717) is 22.0 Å². The Labute approximate surface area is 146 Å². The Morgan fingerprint density at radius 3 is 2.84 bits per heavy atom. The van der Waals surface area contributed by atoms with Gasteiger partial charge in [-0.1, -0.05) is 30.0 Å². The molecule has 0 unspecified atom stereocenters. The molecular weight excluding hydrogens is 348 g/mol. The summed E-state index contributed by atoms with van der Waals surface area (Å²) in [5.41, 5.74) is 0.844. The van der Waals surface area contributed by atoms with Crippen LogP contribution in [0.1, 0.15) is 11.1 Å². The van der Waals surface area contributed by atoms with Crippen LogP contribution < -0.4 is 10.1 Å². The minimum absolute atomic E-state index is 0.0443. The van der Waals surface area contributed by atoms with Crippen LogP contribution in [0.3, 0.4) is 0 Å². The molecule has 2 aromatic carbocycles. The Morgan fingerprint density at radius 2 is 2.08 bits per heavy atom. The van der Waals surface area contributed by atoms with Gasteiger partial charge in [-0.2, -0.15) is 5.10 Å². The zero-order valence-electron chi connectivity index (χ0n) is 12.9. The topological polar surface area (TPSA) is 63.0 Å². The van der Waals surface area contributed by atoms with Crippen molar-refractivity contribution < 1.29 is 18.3 Å². The smallest absolute Gasteiger partial charge is 0.236 e. The number of amides is 1. The van der Waals surface area contributed by atoms with Crippen molar-refractivity contribution in [2.75, 3.05) is 5.75 Å². The predicted octanol–water partition coefficient (Wildman–Crippen LogP) is 3.10. The molecule has 25 heavy (non-hydrogen) atoms. The van der Waals surface area contributed by atoms with E-state index in [-0.39, 0.29) is 18.3 Å². The van der Waals surface area contributed by atoms with E-state index in [4.69, 9.17) is 4.74 Å². The Kier molecular flexibility index (Phi) is 5.39. The highest BCUT2D eigenvalue weighted by atomic mass is 32.2. The lowest BCUT2D eigenvalue weighted by molar-refractivity contribution is -0.116. The minimum atomic E-state index is -0.481. The van der Waals surface area contributed by atoms with Crippen LogP contribution in [0, 0.1) is 11.6 Å². The molecule has 0 aliphatic carbocycles. The summed E-state index contributed by atoms with van der Waals surface area (Å²) in [7, 11) is 0. The fourth-order valence-corrected chi connectivity index (χ4v) is 2.66. The van der Waals surface area contributed by atoms with Crippen molar-refractivity contribution in [1.82, 2.24) is 5.32 Å². The van der Waals surface area contributed by atoms with Gasteiger partial charge in [0.05, 0.1) is 12.0 Å². The number of carbonyl (C=O) groups is 1. The second-order valence-corrected chi connectivity index (χ2v) is 6.01. The highest BCUT2D eigenvalue weighted by Gasteiger charge is 2.16. The first kappa shape index (κ1) is 17.1. The standard InChI is InChI=1S/C17H13F2N3O2S/c18-13-6-5-11(8-20-22-17-21-16(23)10-25-17)15(7-13)24-9-12-3-1-2-4-14(12)19/h1-8H,9-10H2,(H,21,22,23). The van der Waals surface area contributed by atoms with E-state index in [9.17, 15) is 13.6 Å². The zero-order chi connectivity index (χ0) is 17.6. The summed E-state index contributed by atoms with van der Waals surface area (Å²) in [6.07, 6.45) is 1.38. The van der Waals surface area contributed by atoms with Crippen molar-refractivity contribution in [2.45, 2.75) is 6.61 Å². The molecule has 0 radical (unpaired) electrons. The van der Waals surface area contributed by atoms with Gasteiger partial charge in [0.25, 0.3) is 0 Å². The number of nitrogens with one attached hydrogen (secondary N) is 1. The van der Waals surface area contributed by atoms with Crippen molar-refractivity contribution in [2.24, 2.45) is 10.2 Å². The van der Waals surface area contributed by atoms with Crippen LogP contribution in [0.4, 0.5) is 8.78 Å². The number of rotatable bonds is 5. The van der Waals surface area contributed by atoms with Crippen LogP contribution in [0.2, 0.25) is 0 Å². The first-order chi connectivity index (χ1) is 12.1. The van der Waals surface area contributed by atoms with Gasteiger partial charge in [-0.15, -0.1) is 5.10 Å². The van der Waals surface area contributed by atoms with Gasteiger partial charge in [0.2, 0.25) is 5.91 Å². The number of benzene rings is 2. The Balaban J connectivity index is 1.74. The highest BCUT2D eigenvalue weighted by molar-refractivity contribution is 8.15. The van der Waals surface area contributed by atoms with Gasteiger partial charge in [0.1, 0.15) is 24.0 Å². The van der Waals surface area contributed by atoms with Crippen molar-refractivity contribution in [3.05, 3.63) is 65.2 Å². The SMILES string of the molecule is O=C1CSC(=NN=Cc2ccc(F)cc2OCc2ccccc2F)N1. The maximum absolute atomic E-state index is 13.6. The molecule has 0 saturated carbocycles. The number of thioether (sulfide) groups is 1. The molecule has 5 nitrogen and oxygen atoms in total. The fourth-order valence-electron chi connectivity index (χ4n) is 2.03. The Hall–Kier alpha value is -2.74. The van der Waals surface area contributed by atoms with E-state index >= 15 is 0 Å². The number of nitrogens with zero attached hydrogens (tertiary/aromatic N) is 2. The number of ether oxygens (including phenoxy) is 1. The summed E-state index contributed by atoms with van der Waals surface area (Å²) in [5, 5.41) is 10.7. The summed E-state index contributed by atoms with van der Waals surface area (Å²) in [6, 6.07) is 10.1. The van der Waals surface area contributed by atoms with Crippen molar-refractivity contribution >= 4 is 29.1 Å². The average Bonchev–Trinajstić information content (AvgIpc) is 3.01. The van der Waals surface area contributed by atoms with Crippen LogP contribution >= 0.6 is 11.8 Å². The first-order valence-corrected chi connectivity index (χ1v) is 8.30. The third-order valence-corrected chi connectivity index (χ3v) is 4.11. The van der Waals surface area contributed by atoms with Crippen molar-refractivity contribution in [3.8, 4) is 5.75 Å². The molecule has 0 atom stereocenters. The Morgan fingerprint density at radius 1 is 1.24 bits per heavy atom. The molecule has 128 valence electrons. The van der Waals surface area contributed by atoms with E-state index < -0.39 is 11.6 Å². The van der Waals surface area contributed by atoms with E-state index in [1.54, 1.807) is 18.2 Å². The van der Waals surface area contributed by atoms with Crippen molar-refractivity contribution in [3.63, 3.8) is 0 Å². The molecular formula is C17H13F2N3O2S. The van der Waals surface area contributed by atoms with Crippen LogP contribution in [-0.4, -0.2) is 23.0 Å². The molecule has 0 aromatic heterocycles. The van der Waals surface area contributed by atoms with Crippen LogP contribution in [0.15, 0.2) is 52.7 Å². The average molecular weight is 361 g/mol. The van der Waals surface area contributed by atoms with Gasteiger partial charge in [0.15, 0.2) is 5.17 Å². The maximum atomic E-state index is 13.6. The minimum Gasteiger partial charge on any atom is -0.488 e.